The molecule has 1 amide bonds. The number of hydrogen-bond acceptors (Lipinski definition) is 4. The predicted molar refractivity (Wildman–Crippen MR) is 79.2 cm³/mol. The van der Waals surface area contributed by atoms with Crippen LogP contribution in [0.25, 0.3) is 0 Å². The number of rotatable bonds is 3. The van der Waals surface area contributed by atoms with Crippen LogP contribution in [-0.2, 0) is 0 Å². The molecular weight excluding hydrogens is 332 g/mol. The number of nitrogens with one attached hydrogen (secondary N) is 2. The van der Waals surface area contributed by atoms with Gasteiger partial charge in [-0.25, -0.2) is 10.8 Å². The number of carbonyl (C=O) groups excluding carboxylic acids is 1. The van der Waals surface area contributed by atoms with Crippen molar-refractivity contribution in [3.63, 3.8) is 0 Å². The number of pyridine rings is 1. The predicted octanol–water partition coefficient (Wildman–Crippen LogP) is 3.04. The first-order valence-corrected chi connectivity index (χ1v) is 6.47. The lowest BCUT2D eigenvalue weighted by Gasteiger charge is -2.09. The van der Waals surface area contributed by atoms with Crippen molar-refractivity contribution in [1.29, 1.82) is 0 Å². The lowest BCUT2D eigenvalue weighted by Crippen LogP contribution is -2.18. The fourth-order valence-corrected chi connectivity index (χ4v) is 1.97. The van der Waals surface area contributed by atoms with Crippen molar-refractivity contribution >= 4 is 44.9 Å². The number of anilines is 2. The Bertz CT molecular complexity index is 620. The average molecular weight is 342 g/mol. The molecular formula is C12H10BrClN4O. The first kappa shape index (κ1) is 13.8. The third-order valence-corrected chi connectivity index (χ3v) is 3.58. The zero-order valence-corrected chi connectivity index (χ0v) is 12.0. The van der Waals surface area contributed by atoms with Gasteiger partial charge >= 0.3 is 0 Å². The Morgan fingerprint density at radius 3 is 2.84 bits per heavy atom. The number of benzene rings is 1. The average Bonchev–Trinajstić information content (AvgIpc) is 2.43. The summed E-state index contributed by atoms with van der Waals surface area (Å²) in [7, 11) is 0. The number of hydrazine groups is 1. The molecule has 2 rings (SSSR count). The second-order valence-electron chi connectivity index (χ2n) is 3.63. The molecule has 0 aliphatic carbocycles. The van der Waals surface area contributed by atoms with E-state index < -0.39 is 0 Å². The van der Waals surface area contributed by atoms with Crippen LogP contribution >= 0.6 is 27.5 Å². The Balaban J connectivity index is 2.23. The molecule has 98 valence electrons. The Hall–Kier alpha value is -1.63. The van der Waals surface area contributed by atoms with Crippen molar-refractivity contribution in [2.75, 3.05) is 10.7 Å². The number of aromatic nitrogens is 1. The SMILES string of the molecule is NNc1ncccc1C(=O)Nc1ccc(Cl)c(Br)c1. The highest BCUT2D eigenvalue weighted by Gasteiger charge is 2.12. The molecule has 0 radical (unpaired) electrons. The maximum atomic E-state index is 12.1. The number of hydrogen-bond donors (Lipinski definition) is 3. The minimum absolute atomic E-state index is 0.310. The molecule has 0 saturated heterocycles. The number of carbonyl (C=O) groups is 1. The number of halogens is 2. The molecule has 1 aromatic carbocycles. The van der Waals surface area contributed by atoms with Gasteiger partial charge in [-0.15, -0.1) is 0 Å². The van der Waals surface area contributed by atoms with E-state index in [4.69, 9.17) is 17.4 Å². The molecule has 1 aromatic heterocycles. The maximum absolute atomic E-state index is 12.1. The molecule has 1 heterocycles. The minimum Gasteiger partial charge on any atom is -0.322 e. The number of nitrogens with two attached hydrogens (primary N) is 1. The van der Waals surface area contributed by atoms with Gasteiger partial charge in [0.05, 0.1) is 10.6 Å². The van der Waals surface area contributed by atoms with Crippen LogP contribution in [0.5, 0.6) is 0 Å². The molecule has 0 unspecified atom stereocenters. The fraction of sp³-hybridized carbons (Fsp3) is 0. The molecule has 5 nitrogen and oxygen atoms in total. The van der Waals surface area contributed by atoms with Crippen molar-refractivity contribution in [1.82, 2.24) is 4.98 Å². The topological polar surface area (TPSA) is 80.0 Å². The van der Waals surface area contributed by atoms with Gasteiger partial charge in [0.1, 0.15) is 0 Å². The van der Waals surface area contributed by atoms with Crippen LogP contribution in [0.4, 0.5) is 11.5 Å². The van der Waals surface area contributed by atoms with E-state index in [1.165, 1.54) is 0 Å². The second-order valence-corrected chi connectivity index (χ2v) is 4.89. The highest BCUT2D eigenvalue weighted by molar-refractivity contribution is 9.10. The molecule has 0 fully saturated rings. The molecule has 19 heavy (non-hydrogen) atoms. The summed E-state index contributed by atoms with van der Waals surface area (Å²) in [6.07, 6.45) is 1.55. The Morgan fingerprint density at radius 2 is 2.16 bits per heavy atom. The summed E-state index contributed by atoms with van der Waals surface area (Å²) in [4.78, 5) is 16.1. The van der Waals surface area contributed by atoms with E-state index in [-0.39, 0.29) is 5.91 Å². The molecule has 0 atom stereocenters. The Labute approximate surface area is 123 Å². The lowest BCUT2D eigenvalue weighted by molar-refractivity contribution is 0.102. The molecule has 0 saturated carbocycles. The Kier molecular flexibility index (Phi) is 4.36. The summed E-state index contributed by atoms with van der Waals surface area (Å²) in [5, 5.41) is 3.31. The summed E-state index contributed by atoms with van der Waals surface area (Å²) in [6.45, 7) is 0. The summed E-state index contributed by atoms with van der Waals surface area (Å²) in [5.74, 6) is 5.31. The van der Waals surface area contributed by atoms with Crippen LogP contribution in [0.15, 0.2) is 41.0 Å². The van der Waals surface area contributed by atoms with Gasteiger partial charge in [0.2, 0.25) is 0 Å². The van der Waals surface area contributed by atoms with Gasteiger partial charge in [-0.05, 0) is 46.3 Å². The fourth-order valence-electron chi connectivity index (χ4n) is 1.48. The van der Waals surface area contributed by atoms with Crippen molar-refractivity contribution in [3.8, 4) is 0 Å². The quantitative estimate of drug-likeness (QED) is 0.592. The van der Waals surface area contributed by atoms with Crippen LogP contribution in [0.2, 0.25) is 5.02 Å². The number of nitrogen functional groups attached to an aromatic ring is 1. The van der Waals surface area contributed by atoms with Gasteiger partial charge in [0.25, 0.3) is 5.91 Å². The first-order valence-electron chi connectivity index (χ1n) is 5.30. The monoisotopic (exact) mass is 340 g/mol. The van der Waals surface area contributed by atoms with Gasteiger partial charge < -0.3 is 10.7 Å². The van der Waals surface area contributed by atoms with E-state index in [0.29, 0.717) is 26.6 Å². The molecule has 2 aromatic rings. The van der Waals surface area contributed by atoms with Gasteiger partial charge in [0, 0.05) is 16.4 Å². The van der Waals surface area contributed by atoms with E-state index in [1.807, 2.05) is 0 Å². The molecule has 0 bridgehead atoms. The van der Waals surface area contributed by atoms with Crippen LogP contribution in [0.3, 0.4) is 0 Å². The third-order valence-electron chi connectivity index (χ3n) is 2.37. The minimum atomic E-state index is -0.310. The van der Waals surface area contributed by atoms with Crippen LogP contribution in [-0.4, -0.2) is 10.9 Å². The Morgan fingerprint density at radius 1 is 1.37 bits per heavy atom. The van der Waals surface area contributed by atoms with Crippen molar-refractivity contribution in [2.45, 2.75) is 0 Å². The van der Waals surface area contributed by atoms with Crippen molar-refractivity contribution in [3.05, 3.63) is 51.6 Å². The van der Waals surface area contributed by atoms with Crippen LogP contribution < -0.4 is 16.6 Å². The number of nitrogens with zero attached hydrogens (tertiary/aromatic N) is 1. The van der Waals surface area contributed by atoms with Crippen molar-refractivity contribution < 1.29 is 4.79 Å². The zero-order chi connectivity index (χ0) is 13.8. The summed E-state index contributed by atoms with van der Waals surface area (Å²) in [6, 6.07) is 8.39. The van der Waals surface area contributed by atoms with E-state index in [0.717, 1.165) is 0 Å². The second kappa shape index (κ2) is 6.01. The highest BCUT2D eigenvalue weighted by atomic mass is 79.9. The zero-order valence-electron chi connectivity index (χ0n) is 9.65. The molecule has 7 heteroatoms. The first-order chi connectivity index (χ1) is 9.11. The maximum Gasteiger partial charge on any atom is 0.259 e. The third kappa shape index (κ3) is 3.23. The van der Waals surface area contributed by atoms with Gasteiger partial charge in [-0.1, -0.05) is 11.6 Å². The highest BCUT2D eigenvalue weighted by Crippen LogP contribution is 2.26. The largest absolute Gasteiger partial charge is 0.322 e. The van der Waals surface area contributed by atoms with E-state index >= 15 is 0 Å². The van der Waals surface area contributed by atoms with Gasteiger partial charge in [0.15, 0.2) is 5.82 Å². The van der Waals surface area contributed by atoms with Crippen LogP contribution in [0, 0.1) is 0 Å². The van der Waals surface area contributed by atoms with E-state index in [2.05, 4.69) is 31.7 Å². The number of amides is 1. The molecule has 4 N–H and O–H groups in total. The lowest BCUT2D eigenvalue weighted by atomic mass is 10.2. The molecule has 0 spiro atoms. The summed E-state index contributed by atoms with van der Waals surface area (Å²) < 4.78 is 0.704. The van der Waals surface area contributed by atoms with E-state index in [9.17, 15) is 4.79 Å². The smallest absolute Gasteiger partial charge is 0.259 e. The molecule has 0 aliphatic rings. The van der Waals surface area contributed by atoms with Gasteiger partial charge in [-0.3, -0.25) is 4.79 Å². The summed E-state index contributed by atoms with van der Waals surface area (Å²) >= 11 is 9.18. The molecule has 0 aliphatic heterocycles. The normalized spacial score (nSPS) is 10.1. The van der Waals surface area contributed by atoms with Gasteiger partial charge in [-0.2, -0.15) is 0 Å². The standard InChI is InChI=1S/C12H10BrClN4O/c13-9-6-7(3-4-10(9)14)17-12(19)8-2-1-5-16-11(8)18-15/h1-6H,15H2,(H,16,18)(H,17,19). The van der Waals surface area contributed by atoms with Crippen molar-refractivity contribution in [2.24, 2.45) is 5.84 Å². The summed E-state index contributed by atoms with van der Waals surface area (Å²) in [5.41, 5.74) is 3.36. The van der Waals surface area contributed by atoms with E-state index in [1.54, 1.807) is 36.5 Å². The van der Waals surface area contributed by atoms with Crippen LogP contribution in [0.1, 0.15) is 10.4 Å².